The number of rotatable bonds is 9. The van der Waals surface area contributed by atoms with Crippen molar-refractivity contribution in [3.8, 4) is 0 Å². The zero-order valence-electron chi connectivity index (χ0n) is 17.0. The van der Waals surface area contributed by atoms with Gasteiger partial charge in [0.1, 0.15) is 5.76 Å². The van der Waals surface area contributed by atoms with Crippen LogP contribution in [0.2, 0.25) is 0 Å². The quantitative estimate of drug-likeness (QED) is 0.510. The van der Waals surface area contributed by atoms with Gasteiger partial charge in [-0.15, -0.1) is 6.58 Å². The molecular formula is C22H25N3O4S. The van der Waals surface area contributed by atoms with E-state index in [-0.39, 0.29) is 18.2 Å². The van der Waals surface area contributed by atoms with Gasteiger partial charge in [0.05, 0.1) is 24.1 Å². The minimum atomic E-state index is -3.42. The number of amides is 1. The van der Waals surface area contributed by atoms with Crippen LogP contribution in [0.1, 0.15) is 33.1 Å². The molecule has 0 bridgehead atoms. The molecule has 0 spiro atoms. The van der Waals surface area contributed by atoms with Gasteiger partial charge < -0.3 is 14.3 Å². The van der Waals surface area contributed by atoms with Gasteiger partial charge in [0, 0.05) is 23.6 Å². The van der Waals surface area contributed by atoms with Gasteiger partial charge in [0.15, 0.2) is 0 Å². The summed E-state index contributed by atoms with van der Waals surface area (Å²) in [7, 11) is -3.42. The van der Waals surface area contributed by atoms with Gasteiger partial charge in [-0.25, -0.2) is 13.1 Å². The summed E-state index contributed by atoms with van der Waals surface area (Å²) in [5, 5.41) is 2.87. The Morgan fingerprint density at radius 2 is 1.93 bits per heavy atom. The molecule has 0 aliphatic rings. The second kappa shape index (κ2) is 9.15. The lowest BCUT2D eigenvalue weighted by molar-refractivity contribution is 0.102. The molecule has 0 fully saturated rings. The van der Waals surface area contributed by atoms with Crippen LogP contribution in [-0.4, -0.2) is 25.4 Å². The van der Waals surface area contributed by atoms with E-state index >= 15 is 0 Å². The van der Waals surface area contributed by atoms with E-state index in [1.165, 1.54) is 6.08 Å². The van der Waals surface area contributed by atoms with Crippen LogP contribution in [0.4, 0.5) is 5.69 Å². The normalized spacial score (nSPS) is 11.4. The molecular weight excluding hydrogens is 402 g/mol. The molecule has 0 unspecified atom stereocenters. The molecule has 3 rings (SSSR count). The first-order chi connectivity index (χ1) is 14.3. The lowest BCUT2D eigenvalue weighted by Crippen LogP contribution is -2.25. The number of anilines is 1. The number of sulfonamides is 1. The number of benzene rings is 1. The Bertz CT molecular complexity index is 1130. The Balaban J connectivity index is 1.68. The number of furan rings is 1. The van der Waals surface area contributed by atoms with Gasteiger partial charge in [-0.1, -0.05) is 18.2 Å². The number of hydrogen-bond donors (Lipinski definition) is 2. The lowest BCUT2D eigenvalue weighted by Gasteiger charge is -2.09. The Morgan fingerprint density at radius 3 is 2.57 bits per heavy atom. The topological polar surface area (TPSA) is 93.3 Å². The highest BCUT2D eigenvalue weighted by atomic mass is 32.2. The molecule has 1 aromatic carbocycles. The van der Waals surface area contributed by atoms with Gasteiger partial charge in [-0.2, -0.15) is 0 Å². The number of carbonyl (C=O) groups is 1. The second-order valence-corrected chi connectivity index (χ2v) is 8.80. The van der Waals surface area contributed by atoms with E-state index in [0.29, 0.717) is 23.4 Å². The molecule has 1 amide bonds. The molecule has 2 heterocycles. The van der Waals surface area contributed by atoms with E-state index in [1.54, 1.807) is 30.5 Å². The third-order valence-corrected chi connectivity index (χ3v) is 6.05. The Kier molecular flexibility index (Phi) is 6.59. The highest BCUT2D eigenvalue weighted by Gasteiger charge is 2.17. The number of aromatic nitrogens is 1. The molecule has 7 nitrogen and oxygen atoms in total. The van der Waals surface area contributed by atoms with Crippen molar-refractivity contribution < 1.29 is 17.6 Å². The molecule has 0 aliphatic carbocycles. The van der Waals surface area contributed by atoms with Gasteiger partial charge in [-0.05, 0) is 49.7 Å². The van der Waals surface area contributed by atoms with Crippen LogP contribution in [0.25, 0.3) is 0 Å². The molecule has 2 N–H and O–H groups in total. The fourth-order valence-electron chi connectivity index (χ4n) is 3.17. The SMILES string of the molecule is C=CCNS(=O)(=O)Cc1ccc(NC(=O)c2cc(C)n(Cc3ccco3)c2C)cc1. The van der Waals surface area contributed by atoms with Crippen molar-refractivity contribution in [2.45, 2.75) is 26.1 Å². The molecule has 0 aliphatic heterocycles. The molecule has 2 aromatic heterocycles. The average molecular weight is 428 g/mol. The minimum absolute atomic E-state index is 0.136. The van der Waals surface area contributed by atoms with Gasteiger partial charge >= 0.3 is 0 Å². The van der Waals surface area contributed by atoms with Crippen molar-refractivity contribution in [3.63, 3.8) is 0 Å². The first kappa shape index (κ1) is 21.6. The van der Waals surface area contributed by atoms with Gasteiger partial charge in [0.2, 0.25) is 10.0 Å². The average Bonchev–Trinajstić information content (AvgIpc) is 3.31. The van der Waals surface area contributed by atoms with Crippen LogP contribution in [0.3, 0.4) is 0 Å². The van der Waals surface area contributed by atoms with E-state index in [0.717, 1.165) is 17.1 Å². The van der Waals surface area contributed by atoms with E-state index in [9.17, 15) is 13.2 Å². The summed E-state index contributed by atoms with van der Waals surface area (Å²) in [6, 6.07) is 12.3. The predicted molar refractivity (Wildman–Crippen MR) is 117 cm³/mol. The lowest BCUT2D eigenvalue weighted by atomic mass is 10.2. The van der Waals surface area contributed by atoms with Crippen molar-refractivity contribution >= 4 is 21.6 Å². The summed E-state index contributed by atoms with van der Waals surface area (Å²) in [6.45, 7) is 8.08. The number of aryl methyl sites for hydroxylation is 1. The highest BCUT2D eigenvalue weighted by Crippen LogP contribution is 2.20. The maximum atomic E-state index is 12.8. The first-order valence-electron chi connectivity index (χ1n) is 9.46. The van der Waals surface area contributed by atoms with Crippen molar-refractivity contribution in [2.24, 2.45) is 0 Å². The zero-order valence-corrected chi connectivity index (χ0v) is 17.8. The maximum Gasteiger partial charge on any atom is 0.257 e. The fourth-order valence-corrected chi connectivity index (χ4v) is 4.28. The molecule has 0 saturated carbocycles. The standard InChI is InChI=1S/C22H25N3O4S/c1-4-11-23-30(27,28)15-18-7-9-19(10-8-18)24-22(26)21-13-16(2)25(17(21)3)14-20-6-5-12-29-20/h4-10,12-13,23H,1,11,14-15H2,2-3H3,(H,24,26). The van der Waals surface area contributed by atoms with E-state index in [1.807, 2.05) is 36.6 Å². The molecule has 0 saturated heterocycles. The molecule has 158 valence electrons. The third kappa shape index (κ3) is 5.28. The summed E-state index contributed by atoms with van der Waals surface area (Å²) in [5.41, 5.74) is 3.61. The summed E-state index contributed by atoms with van der Waals surface area (Å²) in [5.74, 6) is 0.460. The van der Waals surface area contributed by atoms with Crippen LogP contribution in [0.15, 0.2) is 65.8 Å². The molecule has 0 atom stereocenters. The van der Waals surface area contributed by atoms with E-state index in [2.05, 4.69) is 16.6 Å². The smallest absolute Gasteiger partial charge is 0.257 e. The first-order valence-corrected chi connectivity index (χ1v) is 11.1. The van der Waals surface area contributed by atoms with Crippen LogP contribution in [0, 0.1) is 13.8 Å². The van der Waals surface area contributed by atoms with Gasteiger partial charge in [0.25, 0.3) is 5.91 Å². The van der Waals surface area contributed by atoms with Crippen LogP contribution in [0.5, 0.6) is 0 Å². The highest BCUT2D eigenvalue weighted by molar-refractivity contribution is 7.88. The van der Waals surface area contributed by atoms with Crippen molar-refractivity contribution in [2.75, 3.05) is 11.9 Å². The van der Waals surface area contributed by atoms with Crippen LogP contribution < -0.4 is 10.0 Å². The Labute approximate surface area is 176 Å². The molecule has 30 heavy (non-hydrogen) atoms. The summed E-state index contributed by atoms with van der Waals surface area (Å²) in [4.78, 5) is 12.8. The summed E-state index contributed by atoms with van der Waals surface area (Å²) >= 11 is 0. The Hall–Kier alpha value is -3.10. The third-order valence-electron chi connectivity index (χ3n) is 4.73. The number of carbonyl (C=O) groups excluding carboxylic acids is 1. The van der Waals surface area contributed by atoms with E-state index in [4.69, 9.17) is 4.42 Å². The number of nitrogens with one attached hydrogen (secondary N) is 2. The Morgan fingerprint density at radius 1 is 1.20 bits per heavy atom. The van der Waals surface area contributed by atoms with Crippen LogP contribution >= 0.6 is 0 Å². The maximum absolute atomic E-state index is 12.8. The predicted octanol–water partition coefficient (Wildman–Crippen LogP) is 3.60. The molecule has 0 radical (unpaired) electrons. The van der Waals surface area contributed by atoms with E-state index < -0.39 is 10.0 Å². The number of nitrogens with zero attached hydrogens (tertiary/aromatic N) is 1. The molecule has 3 aromatic rings. The zero-order chi connectivity index (χ0) is 21.7. The fraction of sp³-hybridized carbons (Fsp3) is 0.227. The largest absolute Gasteiger partial charge is 0.467 e. The molecule has 8 heteroatoms. The van der Waals surface area contributed by atoms with Crippen LogP contribution in [-0.2, 0) is 22.3 Å². The second-order valence-electron chi connectivity index (χ2n) is 7.00. The van der Waals surface area contributed by atoms with Crippen molar-refractivity contribution in [3.05, 3.63) is 89.7 Å². The van der Waals surface area contributed by atoms with Gasteiger partial charge in [-0.3, -0.25) is 4.79 Å². The summed E-state index contributed by atoms with van der Waals surface area (Å²) in [6.07, 6.45) is 3.11. The van der Waals surface area contributed by atoms with Crippen molar-refractivity contribution in [1.29, 1.82) is 0 Å². The summed E-state index contributed by atoms with van der Waals surface area (Å²) < 4.78 is 33.8. The monoisotopic (exact) mass is 427 g/mol. The minimum Gasteiger partial charge on any atom is -0.467 e. The number of hydrogen-bond acceptors (Lipinski definition) is 4. The van der Waals surface area contributed by atoms with Crippen molar-refractivity contribution in [1.82, 2.24) is 9.29 Å².